The molecule has 0 amide bonds. The number of hydrogen-bond donors (Lipinski definition) is 2. The maximum Gasteiger partial charge on any atom is 0.155 e. The maximum absolute atomic E-state index is 12.2. The molecule has 172 valence electrons. The van der Waals surface area contributed by atoms with Crippen molar-refractivity contribution in [2.75, 3.05) is 25.6 Å². The third-order valence-electron chi connectivity index (χ3n) is 8.97. The SMILES string of the molecule is CN(C)c1ccc([C@H]2CC3C(CC[C@@]3(N)CCCO)C3=C2C2CCC(=O)C=C2CC3)cc1. The molecule has 5 rings (SSSR count). The lowest BCUT2D eigenvalue weighted by molar-refractivity contribution is -0.115. The van der Waals surface area contributed by atoms with Gasteiger partial charge in [0.15, 0.2) is 5.78 Å². The molecule has 1 aromatic carbocycles. The van der Waals surface area contributed by atoms with Crippen molar-refractivity contribution >= 4 is 11.5 Å². The fourth-order valence-corrected chi connectivity index (χ4v) is 7.41. The van der Waals surface area contributed by atoms with Gasteiger partial charge in [-0.2, -0.15) is 0 Å². The van der Waals surface area contributed by atoms with Crippen LogP contribution in [0.15, 0.2) is 47.1 Å². The summed E-state index contributed by atoms with van der Waals surface area (Å²) in [6.07, 6.45) is 10.8. The molecule has 0 aromatic heterocycles. The minimum absolute atomic E-state index is 0.160. The Kier molecular flexibility index (Phi) is 5.79. The summed E-state index contributed by atoms with van der Waals surface area (Å²) in [5, 5.41) is 9.47. The Morgan fingerprint density at radius 3 is 2.59 bits per heavy atom. The highest BCUT2D eigenvalue weighted by atomic mass is 16.3. The van der Waals surface area contributed by atoms with Gasteiger partial charge in [-0.1, -0.05) is 28.9 Å². The van der Waals surface area contributed by atoms with Gasteiger partial charge in [0.25, 0.3) is 0 Å². The lowest BCUT2D eigenvalue weighted by Gasteiger charge is -2.48. The lowest BCUT2D eigenvalue weighted by atomic mass is 9.58. The molecule has 4 aliphatic rings. The van der Waals surface area contributed by atoms with Crippen molar-refractivity contribution < 1.29 is 9.90 Å². The molecule has 1 saturated carbocycles. The maximum atomic E-state index is 12.2. The van der Waals surface area contributed by atoms with Crippen molar-refractivity contribution in [1.82, 2.24) is 0 Å². The summed E-state index contributed by atoms with van der Waals surface area (Å²) < 4.78 is 0. The van der Waals surface area contributed by atoms with Gasteiger partial charge in [0.05, 0.1) is 0 Å². The van der Waals surface area contributed by atoms with Crippen LogP contribution in [0, 0.1) is 17.8 Å². The van der Waals surface area contributed by atoms with Crippen LogP contribution in [0.25, 0.3) is 0 Å². The molecule has 0 spiro atoms. The number of fused-ring (bicyclic) bond motifs is 4. The number of anilines is 1. The van der Waals surface area contributed by atoms with Crippen LogP contribution in [0.3, 0.4) is 0 Å². The molecular weight excluding hydrogens is 396 g/mol. The number of benzene rings is 1. The largest absolute Gasteiger partial charge is 0.396 e. The van der Waals surface area contributed by atoms with Gasteiger partial charge in [-0.15, -0.1) is 0 Å². The van der Waals surface area contributed by atoms with Crippen LogP contribution in [-0.2, 0) is 4.79 Å². The molecule has 3 unspecified atom stereocenters. The molecule has 4 nitrogen and oxygen atoms in total. The Hall–Kier alpha value is -1.91. The predicted octanol–water partition coefficient (Wildman–Crippen LogP) is 4.73. The first-order chi connectivity index (χ1) is 15.4. The second-order valence-corrected chi connectivity index (χ2v) is 10.8. The molecule has 1 aromatic rings. The van der Waals surface area contributed by atoms with Crippen molar-refractivity contribution in [3.05, 3.63) is 52.6 Å². The van der Waals surface area contributed by atoms with E-state index in [2.05, 4.69) is 43.3 Å². The van der Waals surface area contributed by atoms with Crippen LogP contribution in [0.1, 0.15) is 69.3 Å². The van der Waals surface area contributed by atoms with Crippen LogP contribution in [0.4, 0.5) is 5.69 Å². The summed E-state index contributed by atoms with van der Waals surface area (Å²) in [7, 11) is 4.17. The quantitative estimate of drug-likeness (QED) is 0.658. The van der Waals surface area contributed by atoms with Crippen molar-refractivity contribution in [3.8, 4) is 0 Å². The molecule has 5 atom stereocenters. The van der Waals surface area contributed by atoms with Gasteiger partial charge in [0, 0.05) is 50.2 Å². The summed E-state index contributed by atoms with van der Waals surface area (Å²) in [5.41, 5.74) is 14.2. The Balaban J connectivity index is 1.58. The second kappa shape index (κ2) is 8.46. The van der Waals surface area contributed by atoms with Crippen LogP contribution in [0.2, 0.25) is 0 Å². The first kappa shape index (κ1) is 21.9. The third kappa shape index (κ3) is 3.66. The van der Waals surface area contributed by atoms with Gasteiger partial charge in [-0.3, -0.25) is 4.79 Å². The van der Waals surface area contributed by atoms with E-state index in [-0.39, 0.29) is 12.1 Å². The van der Waals surface area contributed by atoms with Gasteiger partial charge in [0.2, 0.25) is 0 Å². The Morgan fingerprint density at radius 2 is 1.88 bits per heavy atom. The van der Waals surface area contributed by atoms with Crippen LogP contribution >= 0.6 is 0 Å². The normalized spacial score (nSPS) is 34.0. The molecular formula is C28H38N2O2. The first-order valence-corrected chi connectivity index (χ1v) is 12.5. The number of carbonyl (C=O) groups is 1. The summed E-state index contributed by atoms with van der Waals surface area (Å²) in [6.45, 7) is 0.226. The van der Waals surface area contributed by atoms with Gasteiger partial charge in [0.1, 0.15) is 0 Å². The van der Waals surface area contributed by atoms with E-state index in [1.54, 1.807) is 11.1 Å². The average Bonchev–Trinajstić information content (AvgIpc) is 3.13. The van der Waals surface area contributed by atoms with Gasteiger partial charge < -0.3 is 15.7 Å². The fraction of sp³-hybridized carbons (Fsp3) is 0.607. The molecule has 32 heavy (non-hydrogen) atoms. The fourth-order valence-electron chi connectivity index (χ4n) is 7.41. The zero-order chi connectivity index (χ0) is 22.5. The highest BCUT2D eigenvalue weighted by Gasteiger charge is 2.52. The lowest BCUT2D eigenvalue weighted by Crippen LogP contribution is -2.48. The second-order valence-electron chi connectivity index (χ2n) is 10.8. The summed E-state index contributed by atoms with van der Waals surface area (Å²) in [4.78, 5) is 14.3. The number of aliphatic hydroxyl groups excluding tert-OH is 1. The van der Waals surface area contributed by atoms with E-state index < -0.39 is 0 Å². The molecule has 0 radical (unpaired) electrons. The third-order valence-corrected chi connectivity index (χ3v) is 8.97. The Labute approximate surface area is 192 Å². The van der Waals surface area contributed by atoms with E-state index in [1.807, 2.05) is 6.08 Å². The number of allylic oxidation sites excluding steroid dienone is 4. The minimum Gasteiger partial charge on any atom is -0.396 e. The number of rotatable bonds is 5. The van der Waals surface area contributed by atoms with Gasteiger partial charge in [-0.25, -0.2) is 0 Å². The van der Waals surface area contributed by atoms with E-state index in [0.717, 1.165) is 44.9 Å². The van der Waals surface area contributed by atoms with E-state index in [4.69, 9.17) is 5.73 Å². The number of hydrogen-bond acceptors (Lipinski definition) is 4. The molecule has 0 aliphatic heterocycles. The number of nitrogens with zero attached hydrogens (tertiary/aromatic N) is 1. The molecule has 4 heteroatoms. The van der Waals surface area contributed by atoms with Crippen LogP contribution in [0.5, 0.6) is 0 Å². The number of carbonyl (C=O) groups excluding carboxylic acids is 1. The van der Waals surface area contributed by atoms with Crippen LogP contribution < -0.4 is 10.6 Å². The van der Waals surface area contributed by atoms with E-state index >= 15 is 0 Å². The monoisotopic (exact) mass is 434 g/mol. The van der Waals surface area contributed by atoms with Crippen molar-refractivity contribution in [2.45, 2.75) is 69.2 Å². The molecule has 4 aliphatic carbocycles. The molecule has 1 fully saturated rings. The van der Waals surface area contributed by atoms with Crippen molar-refractivity contribution in [3.63, 3.8) is 0 Å². The van der Waals surface area contributed by atoms with Gasteiger partial charge >= 0.3 is 0 Å². The smallest absolute Gasteiger partial charge is 0.155 e. The van der Waals surface area contributed by atoms with Gasteiger partial charge in [-0.05, 0) is 87.0 Å². The number of aliphatic hydroxyl groups is 1. The minimum atomic E-state index is -0.160. The van der Waals surface area contributed by atoms with E-state index in [0.29, 0.717) is 35.9 Å². The highest BCUT2D eigenvalue weighted by Crippen LogP contribution is 2.60. The Bertz CT molecular complexity index is 945. The Morgan fingerprint density at radius 1 is 1.09 bits per heavy atom. The molecule has 0 bridgehead atoms. The zero-order valence-corrected chi connectivity index (χ0v) is 19.6. The van der Waals surface area contributed by atoms with E-state index in [1.165, 1.54) is 23.2 Å². The average molecular weight is 435 g/mol. The summed E-state index contributed by atoms with van der Waals surface area (Å²) in [6, 6.07) is 9.11. The summed E-state index contributed by atoms with van der Waals surface area (Å²) in [5.74, 6) is 2.22. The van der Waals surface area contributed by atoms with E-state index in [9.17, 15) is 9.90 Å². The standard InChI is InChI=1S/C28H38N2O2/c1-30(2)20-7-4-18(5-8-20)25-17-26-23(12-14-28(26,29)13-3-15-31)24-10-6-19-16-21(32)9-11-22(19)27(24)25/h4-5,7-8,16,22-23,25-26,31H,3,6,9-15,17,29H2,1-2H3/t22?,23?,25-,26?,28+/m1/s1. The topological polar surface area (TPSA) is 66.6 Å². The first-order valence-electron chi connectivity index (χ1n) is 12.5. The van der Waals surface area contributed by atoms with Crippen molar-refractivity contribution in [2.24, 2.45) is 23.5 Å². The van der Waals surface area contributed by atoms with Crippen molar-refractivity contribution in [1.29, 1.82) is 0 Å². The van der Waals surface area contributed by atoms with Crippen LogP contribution in [-0.4, -0.2) is 37.1 Å². The number of ketones is 1. The predicted molar refractivity (Wildman–Crippen MR) is 130 cm³/mol. The number of nitrogens with two attached hydrogens (primary N) is 1. The summed E-state index contributed by atoms with van der Waals surface area (Å²) >= 11 is 0. The highest BCUT2D eigenvalue weighted by molar-refractivity contribution is 5.91. The molecule has 3 N–H and O–H groups in total. The molecule has 0 saturated heterocycles. The molecule has 0 heterocycles. The zero-order valence-electron chi connectivity index (χ0n) is 19.6.